The number of carboxylic acid groups (broad SMARTS) is 1. The van der Waals surface area contributed by atoms with E-state index in [0.29, 0.717) is 12.1 Å². The van der Waals surface area contributed by atoms with E-state index in [1.165, 1.54) is 4.90 Å². The second-order valence-electron chi connectivity index (χ2n) is 3.47. The highest BCUT2D eigenvalue weighted by molar-refractivity contribution is 5.97. The average Bonchev–Trinajstić information content (AvgIpc) is 2.34. The topological polar surface area (TPSA) is 60.9 Å². The van der Waals surface area contributed by atoms with Crippen LogP contribution >= 0.6 is 0 Å². The van der Waals surface area contributed by atoms with Gasteiger partial charge in [0.25, 0.3) is 0 Å². The van der Waals surface area contributed by atoms with Crippen molar-refractivity contribution in [3.63, 3.8) is 0 Å². The molecule has 0 aromatic heterocycles. The third kappa shape index (κ3) is 0.893. The van der Waals surface area contributed by atoms with E-state index < -0.39 is 5.97 Å². The van der Waals surface area contributed by atoms with Gasteiger partial charge in [0.15, 0.2) is 5.70 Å². The lowest BCUT2D eigenvalue weighted by molar-refractivity contribution is -0.151. The molecule has 76 valence electrons. The number of hydrogen-bond donors (Lipinski definition) is 1. The molecule has 2 aliphatic rings. The highest BCUT2D eigenvalue weighted by Gasteiger charge is 2.50. The van der Waals surface area contributed by atoms with Gasteiger partial charge in [-0.3, -0.25) is 9.69 Å². The van der Waals surface area contributed by atoms with Crippen LogP contribution < -0.4 is 0 Å². The van der Waals surface area contributed by atoms with Gasteiger partial charge in [0.2, 0.25) is 5.91 Å². The van der Waals surface area contributed by atoms with Crippen molar-refractivity contribution in [3.05, 3.63) is 11.4 Å². The molecule has 1 atom stereocenters. The van der Waals surface area contributed by atoms with Gasteiger partial charge in [-0.15, -0.1) is 0 Å². The maximum Gasteiger partial charge on any atom is 0.354 e. The zero-order valence-electron chi connectivity index (χ0n) is 8.15. The Kier molecular flexibility index (Phi) is 1.77. The van der Waals surface area contributed by atoms with E-state index >= 15 is 0 Å². The van der Waals surface area contributed by atoms with Crippen LogP contribution in [-0.4, -0.2) is 39.5 Å². The molecule has 0 radical (unpaired) electrons. The molecular formula is C9H12N2O3. The van der Waals surface area contributed by atoms with Crippen molar-refractivity contribution < 1.29 is 14.7 Å². The molecular weight excluding hydrogens is 184 g/mol. The summed E-state index contributed by atoms with van der Waals surface area (Å²) < 4.78 is 0. The number of rotatable bonds is 2. The normalized spacial score (nSPS) is 25.3. The largest absolute Gasteiger partial charge is 0.477 e. The number of amides is 1. The predicted octanol–water partition coefficient (Wildman–Crippen LogP) is 0.196. The molecule has 5 nitrogen and oxygen atoms in total. The third-order valence-electron chi connectivity index (χ3n) is 2.84. The van der Waals surface area contributed by atoms with Crippen LogP contribution in [-0.2, 0) is 9.59 Å². The molecule has 1 amide bonds. The Morgan fingerprint density at radius 2 is 2.29 bits per heavy atom. The van der Waals surface area contributed by atoms with E-state index in [4.69, 9.17) is 5.11 Å². The van der Waals surface area contributed by atoms with Crippen LogP contribution in [0, 0.1) is 0 Å². The van der Waals surface area contributed by atoms with E-state index in [-0.39, 0.29) is 17.8 Å². The third-order valence-corrected chi connectivity index (χ3v) is 2.84. The van der Waals surface area contributed by atoms with Gasteiger partial charge < -0.3 is 10.0 Å². The lowest BCUT2D eigenvalue weighted by atomic mass is 10.1. The number of fused-ring (bicyclic) bond motifs is 1. The molecule has 0 aromatic carbocycles. The summed E-state index contributed by atoms with van der Waals surface area (Å²) >= 11 is 0. The van der Waals surface area contributed by atoms with Crippen molar-refractivity contribution in [2.24, 2.45) is 0 Å². The van der Waals surface area contributed by atoms with Crippen molar-refractivity contribution >= 4 is 11.9 Å². The van der Waals surface area contributed by atoms with E-state index in [0.717, 1.165) is 6.54 Å². The highest BCUT2D eigenvalue weighted by atomic mass is 16.4. The van der Waals surface area contributed by atoms with E-state index in [9.17, 15) is 9.59 Å². The maximum absolute atomic E-state index is 11.2. The first-order chi connectivity index (χ1) is 6.57. The lowest BCUT2D eigenvalue weighted by Crippen LogP contribution is -2.55. The second-order valence-corrected chi connectivity index (χ2v) is 3.47. The molecule has 1 N–H and O–H groups in total. The summed E-state index contributed by atoms with van der Waals surface area (Å²) in [4.78, 5) is 25.5. The van der Waals surface area contributed by atoms with Crippen LogP contribution in [0.5, 0.6) is 0 Å². The second kappa shape index (κ2) is 2.73. The number of β-lactam (4-membered cyclic amide) rings is 1. The van der Waals surface area contributed by atoms with Gasteiger partial charge in [-0.1, -0.05) is 0 Å². The molecule has 5 heteroatoms. The van der Waals surface area contributed by atoms with Gasteiger partial charge in [0, 0.05) is 12.2 Å². The minimum absolute atomic E-state index is 0.0430. The molecule has 2 aliphatic heterocycles. The number of hydrogen-bond acceptors (Lipinski definition) is 3. The standard InChI is InChI=1S/C9H12N2O3/c1-3-10-5(2)8(9(13)14)11-6(10)4-7(11)12/h6H,3-4H2,1-2H3,(H,13,14). The lowest BCUT2D eigenvalue weighted by Gasteiger charge is -2.39. The molecule has 0 bridgehead atoms. The number of carbonyl (C=O) groups is 2. The monoisotopic (exact) mass is 196 g/mol. The molecule has 14 heavy (non-hydrogen) atoms. The molecule has 2 heterocycles. The Morgan fingerprint density at radius 3 is 2.64 bits per heavy atom. The number of nitrogens with zero attached hydrogens (tertiary/aromatic N) is 2. The molecule has 0 aromatic rings. The quantitative estimate of drug-likeness (QED) is 0.641. The van der Waals surface area contributed by atoms with Crippen LogP contribution in [0.25, 0.3) is 0 Å². The minimum Gasteiger partial charge on any atom is -0.477 e. The summed E-state index contributed by atoms with van der Waals surface area (Å²) in [6.07, 6.45) is 0.390. The fourth-order valence-electron chi connectivity index (χ4n) is 2.16. The summed E-state index contributed by atoms with van der Waals surface area (Å²) in [6, 6.07) is 0. The van der Waals surface area contributed by atoms with Gasteiger partial charge in [0.1, 0.15) is 6.17 Å². The van der Waals surface area contributed by atoms with Gasteiger partial charge >= 0.3 is 5.97 Å². The van der Waals surface area contributed by atoms with Crippen LogP contribution in [0.1, 0.15) is 20.3 Å². The fourth-order valence-corrected chi connectivity index (χ4v) is 2.16. The maximum atomic E-state index is 11.2. The molecule has 0 saturated carbocycles. The SMILES string of the molecule is CCN1C(C)=C(C(=O)O)N2C(=O)CC12. The molecule has 0 spiro atoms. The van der Waals surface area contributed by atoms with Crippen LogP contribution in [0.4, 0.5) is 0 Å². The van der Waals surface area contributed by atoms with Crippen LogP contribution in [0.15, 0.2) is 11.4 Å². The van der Waals surface area contributed by atoms with Gasteiger partial charge in [0.05, 0.1) is 6.42 Å². The molecule has 0 aliphatic carbocycles. The Morgan fingerprint density at radius 1 is 1.64 bits per heavy atom. The van der Waals surface area contributed by atoms with E-state index in [2.05, 4.69) is 0 Å². The summed E-state index contributed by atoms with van der Waals surface area (Å²) in [5.41, 5.74) is 0.837. The van der Waals surface area contributed by atoms with Gasteiger partial charge in [-0.2, -0.15) is 0 Å². The van der Waals surface area contributed by atoms with Gasteiger partial charge in [-0.25, -0.2) is 4.79 Å². The molecule has 1 fully saturated rings. The van der Waals surface area contributed by atoms with Gasteiger partial charge in [-0.05, 0) is 13.8 Å². The first kappa shape index (κ1) is 9.05. The Hall–Kier alpha value is -1.52. The Bertz CT molecular complexity index is 348. The number of carbonyl (C=O) groups excluding carboxylic acids is 1. The number of aliphatic carboxylic acids is 1. The molecule has 1 saturated heterocycles. The van der Waals surface area contributed by atoms with Crippen molar-refractivity contribution in [1.82, 2.24) is 9.80 Å². The Balaban J connectivity index is 2.39. The summed E-state index contributed by atoms with van der Waals surface area (Å²) in [7, 11) is 0. The summed E-state index contributed by atoms with van der Waals surface area (Å²) in [5.74, 6) is -1.11. The first-order valence-electron chi connectivity index (χ1n) is 4.60. The van der Waals surface area contributed by atoms with Crippen LogP contribution in [0.2, 0.25) is 0 Å². The minimum atomic E-state index is -1.02. The first-order valence-corrected chi connectivity index (χ1v) is 4.60. The van der Waals surface area contributed by atoms with E-state index in [1.54, 1.807) is 6.92 Å². The number of carboxylic acids is 1. The van der Waals surface area contributed by atoms with Crippen LogP contribution in [0.3, 0.4) is 0 Å². The fraction of sp³-hybridized carbons (Fsp3) is 0.556. The smallest absolute Gasteiger partial charge is 0.354 e. The summed E-state index contributed by atoms with van der Waals surface area (Å²) in [6.45, 7) is 4.44. The van der Waals surface area contributed by atoms with Crippen molar-refractivity contribution in [1.29, 1.82) is 0 Å². The van der Waals surface area contributed by atoms with E-state index in [1.807, 2.05) is 11.8 Å². The summed E-state index contributed by atoms with van der Waals surface area (Å²) in [5, 5.41) is 8.96. The van der Waals surface area contributed by atoms with Crippen molar-refractivity contribution in [2.45, 2.75) is 26.4 Å². The molecule has 1 unspecified atom stereocenters. The van der Waals surface area contributed by atoms with Crippen molar-refractivity contribution in [3.8, 4) is 0 Å². The average molecular weight is 196 g/mol. The zero-order chi connectivity index (χ0) is 10.5. The van der Waals surface area contributed by atoms with Crippen molar-refractivity contribution in [2.75, 3.05) is 6.54 Å². The number of allylic oxidation sites excluding steroid dienone is 1. The highest BCUT2D eigenvalue weighted by Crippen LogP contribution is 2.37. The zero-order valence-corrected chi connectivity index (χ0v) is 8.15. The Labute approximate surface area is 81.6 Å². The molecule has 2 rings (SSSR count). The predicted molar refractivity (Wildman–Crippen MR) is 48.0 cm³/mol.